The number of carboxylic acid groups (broad SMARTS) is 2. The maximum atomic E-state index is 10.9. The molecule has 0 aliphatic rings. The van der Waals surface area contributed by atoms with Crippen molar-refractivity contribution in [2.75, 3.05) is 0 Å². The average Bonchev–Trinajstić information content (AvgIpc) is 2.98. The number of carbonyl (C=O) groups is 2. The molecule has 8 nitrogen and oxygen atoms in total. The van der Waals surface area contributed by atoms with Gasteiger partial charge in [-0.2, -0.15) is 0 Å². The van der Waals surface area contributed by atoms with E-state index in [0.717, 1.165) is 22.5 Å². The van der Waals surface area contributed by atoms with Crippen molar-refractivity contribution in [1.82, 2.24) is 9.97 Å². The number of benzene rings is 2. The fourth-order valence-electron chi connectivity index (χ4n) is 4.25. The molecule has 0 bridgehead atoms. The Labute approximate surface area is 276 Å². The largest absolute Gasteiger partial charge is 2.00 e. The fourth-order valence-corrected chi connectivity index (χ4v) is 4.25. The minimum Gasteiger partial charge on any atom is -0.545 e. The second-order valence-electron chi connectivity index (χ2n) is 11.6. The Hall–Kier alpha value is -4.20. The first-order chi connectivity index (χ1) is 20.6. The van der Waals surface area contributed by atoms with Gasteiger partial charge in [0.2, 0.25) is 0 Å². The summed E-state index contributed by atoms with van der Waals surface area (Å²) in [6.45, 7) is 15.6. The minimum atomic E-state index is -1.33. The van der Waals surface area contributed by atoms with Crippen LogP contribution in [0.15, 0.2) is 73.1 Å². The number of aromatic carboxylic acids is 2. The van der Waals surface area contributed by atoms with Crippen LogP contribution in [0, 0.1) is 0 Å². The molecule has 0 atom stereocenters. The van der Waals surface area contributed by atoms with Gasteiger partial charge >= 0.3 is 17.1 Å². The second-order valence-corrected chi connectivity index (χ2v) is 11.6. The zero-order valence-corrected chi connectivity index (χ0v) is 27.9. The van der Waals surface area contributed by atoms with Gasteiger partial charge in [0, 0.05) is 23.5 Å². The summed E-state index contributed by atoms with van der Waals surface area (Å²) in [5, 5.41) is 41.4. The van der Waals surface area contributed by atoms with E-state index in [4.69, 9.17) is 0 Å². The zero-order chi connectivity index (χ0) is 33.1. The number of hydrogen-bond acceptors (Lipinski definition) is 8. The summed E-state index contributed by atoms with van der Waals surface area (Å²) < 4.78 is 0. The van der Waals surface area contributed by atoms with Crippen molar-refractivity contribution < 1.29 is 47.1 Å². The van der Waals surface area contributed by atoms with Gasteiger partial charge in [0.1, 0.15) is 11.5 Å². The molecule has 0 saturated carbocycles. The number of pyridine rings is 2. The number of rotatable bonds is 7. The van der Waals surface area contributed by atoms with Crippen LogP contribution in [-0.4, -0.2) is 32.1 Å². The SMILES string of the molecule is CC(C)c1cc(C(=O)[O-])c(O)c(C(C)C)c1.CC(C)c1cc(C(=O)[O-])c(O)c(C(C)C)c1.[Cu+2].c1ccc(-c2ccccn2)nc1. The molecule has 1 radical (unpaired) electrons. The summed E-state index contributed by atoms with van der Waals surface area (Å²) in [5.74, 6) is -2.40. The van der Waals surface area contributed by atoms with Crippen molar-refractivity contribution in [3.05, 3.63) is 106 Å². The van der Waals surface area contributed by atoms with E-state index in [9.17, 15) is 30.0 Å². The first-order valence-electron chi connectivity index (χ1n) is 14.6. The van der Waals surface area contributed by atoms with Crippen molar-refractivity contribution in [3.8, 4) is 22.9 Å². The zero-order valence-electron chi connectivity index (χ0n) is 27.0. The third kappa shape index (κ3) is 11.0. The molecule has 0 fully saturated rings. The molecule has 0 saturated heterocycles. The standard InChI is InChI=1S/2C13H18O3.C10H8N2.Cu/c2*1-7(2)9-5-10(8(3)4)12(14)11(6-9)13(15)16;1-3-7-11-9(5-1)10-6-2-4-8-12-10;/h2*5-8,14H,1-4H3,(H,15,16);1-8H;/q;;;+2/p-2. The summed E-state index contributed by atoms with van der Waals surface area (Å²) in [4.78, 5) is 30.2. The van der Waals surface area contributed by atoms with Crippen LogP contribution in [0.4, 0.5) is 0 Å². The van der Waals surface area contributed by atoms with Gasteiger partial charge < -0.3 is 30.0 Å². The number of carbonyl (C=O) groups excluding carboxylic acids is 2. The molecule has 2 N–H and O–H groups in total. The molecule has 9 heteroatoms. The maximum Gasteiger partial charge on any atom is 2.00 e. The van der Waals surface area contributed by atoms with Crippen LogP contribution in [0.5, 0.6) is 11.5 Å². The van der Waals surface area contributed by atoms with E-state index in [1.54, 1.807) is 12.4 Å². The van der Waals surface area contributed by atoms with Crippen molar-refractivity contribution >= 4 is 11.9 Å². The number of carboxylic acids is 2. The first-order valence-corrected chi connectivity index (χ1v) is 14.6. The molecular weight excluding hydrogens is 620 g/mol. The molecule has 4 rings (SSSR count). The topological polar surface area (TPSA) is 146 Å². The summed E-state index contributed by atoms with van der Waals surface area (Å²) in [6.07, 6.45) is 3.54. The Kier molecular flexibility index (Phi) is 15.5. The van der Waals surface area contributed by atoms with Gasteiger partial charge in [-0.25, -0.2) is 0 Å². The fraction of sp³-hybridized carbons (Fsp3) is 0.333. The number of aromatic nitrogens is 2. The summed E-state index contributed by atoms with van der Waals surface area (Å²) in [7, 11) is 0. The smallest absolute Gasteiger partial charge is 0.545 e. The number of nitrogens with zero attached hydrogens (tertiary/aromatic N) is 2. The first kappa shape index (κ1) is 38.8. The van der Waals surface area contributed by atoms with Gasteiger partial charge in [-0.15, -0.1) is 0 Å². The Balaban J connectivity index is 0.000000337. The number of phenols is 2. The van der Waals surface area contributed by atoms with E-state index in [0.29, 0.717) is 11.1 Å². The molecule has 4 aromatic rings. The monoisotopic (exact) mass is 661 g/mol. The van der Waals surface area contributed by atoms with Crippen LogP contribution in [0.1, 0.15) is 122 Å². The average molecular weight is 662 g/mol. The molecule has 45 heavy (non-hydrogen) atoms. The third-order valence-corrected chi connectivity index (χ3v) is 6.93. The van der Waals surface area contributed by atoms with Crippen LogP contribution in [0.3, 0.4) is 0 Å². The van der Waals surface area contributed by atoms with Crippen LogP contribution >= 0.6 is 0 Å². The number of hydrogen-bond donors (Lipinski definition) is 2. The normalized spacial score (nSPS) is 10.5. The summed E-state index contributed by atoms with van der Waals surface area (Å²) in [6, 6.07) is 18.3. The van der Waals surface area contributed by atoms with Gasteiger partial charge in [-0.3, -0.25) is 9.97 Å². The third-order valence-electron chi connectivity index (χ3n) is 6.93. The molecule has 2 aromatic heterocycles. The molecule has 2 aromatic carbocycles. The molecule has 2 heterocycles. The van der Waals surface area contributed by atoms with Crippen molar-refractivity contribution in [1.29, 1.82) is 0 Å². The van der Waals surface area contributed by atoms with Crippen LogP contribution in [-0.2, 0) is 17.1 Å². The summed E-state index contributed by atoms with van der Waals surface area (Å²) >= 11 is 0. The Morgan fingerprint density at radius 3 is 1.13 bits per heavy atom. The maximum absolute atomic E-state index is 10.9. The number of aromatic hydroxyl groups is 2. The van der Waals surface area contributed by atoms with E-state index in [-0.39, 0.29) is 63.4 Å². The van der Waals surface area contributed by atoms with Gasteiger partial charge in [-0.1, -0.05) is 79.7 Å². The van der Waals surface area contributed by atoms with E-state index in [1.807, 2.05) is 104 Å². The molecule has 0 spiro atoms. The Morgan fingerprint density at radius 2 is 0.911 bits per heavy atom. The predicted octanol–water partition coefficient (Wildman–Crippen LogP) is 6.15. The minimum absolute atomic E-state index is 0. The van der Waals surface area contributed by atoms with Crippen molar-refractivity contribution in [3.63, 3.8) is 0 Å². The van der Waals surface area contributed by atoms with E-state index in [2.05, 4.69) is 9.97 Å². The summed E-state index contributed by atoms with van der Waals surface area (Å²) in [5.41, 5.74) is 4.72. The van der Waals surface area contributed by atoms with Crippen LogP contribution in [0.25, 0.3) is 11.4 Å². The predicted molar refractivity (Wildman–Crippen MR) is 169 cm³/mol. The van der Waals surface area contributed by atoms with Crippen molar-refractivity contribution in [2.45, 2.75) is 79.1 Å². The molecule has 0 amide bonds. The quantitative estimate of drug-likeness (QED) is 0.224. The van der Waals surface area contributed by atoms with E-state index >= 15 is 0 Å². The van der Waals surface area contributed by atoms with E-state index < -0.39 is 11.9 Å². The Bertz CT molecular complexity index is 1420. The van der Waals surface area contributed by atoms with Gasteiger partial charge in [0.15, 0.2) is 0 Å². The van der Waals surface area contributed by atoms with Gasteiger partial charge in [0.25, 0.3) is 0 Å². The molecule has 0 aliphatic heterocycles. The molecular formula is C36H42CuN2O6. The van der Waals surface area contributed by atoms with Gasteiger partial charge in [0.05, 0.1) is 23.3 Å². The van der Waals surface area contributed by atoms with Gasteiger partial charge in [-0.05, 0) is 82.3 Å². The van der Waals surface area contributed by atoms with Crippen molar-refractivity contribution in [2.24, 2.45) is 0 Å². The van der Waals surface area contributed by atoms with E-state index in [1.165, 1.54) is 12.1 Å². The van der Waals surface area contributed by atoms with Crippen LogP contribution in [0.2, 0.25) is 0 Å². The molecule has 0 aliphatic carbocycles. The molecule has 243 valence electrons. The Morgan fingerprint density at radius 1 is 0.578 bits per heavy atom. The second kappa shape index (κ2) is 17.9. The van der Waals surface area contributed by atoms with Crippen LogP contribution < -0.4 is 10.2 Å². The molecule has 0 unspecified atom stereocenters.